The van der Waals surface area contributed by atoms with Gasteiger partial charge < -0.3 is 10.2 Å². The van der Waals surface area contributed by atoms with Crippen molar-refractivity contribution < 1.29 is 0 Å². The SMILES string of the molecule is CCCC(C)NC(C)C1CCN(CCC)CC1. The Morgan fingerprint density at radius 3 is 2.29 bits per heavy atom. The number of rotatable bonds is 7. The van der Waals surface area contributed by atoms with E-state index < -0.39 is 0 Å². The number of hydrogen-bond donors (Lipinski definition) is 1. The summed E-state index contributed by atoms with van der Waals surface area (Å²) in [6.45, 7) is 13.2. The summed E-state index contributed by atoms with van der Waals surface area (Å²) in [5, 5.41) is 3.78. The van der Waals surface area contributed by atoms with Crippen LogP contribution in [0.15, 0.2) is 0 Å². The standard InChI is InChI=1S/C15H32N2/c1-5-7-13(3)16-14(4)15-8-11-17(10-6-2)12-9-15/h13-16H,5-12H2,1-4H3. The maximum absolute atomic E-state index is 3.78. The number of likely N-dealkylation sites (tertiary alicyclic amines) is 1. The second kappa shape index (κ2) is 8.10. The van der Waals surface area contributed by atoms with Crippen molar-refractivity contribution in [1.82, 2.24) is 10.2 Å². The monoisotopic (exact) mass is 240 g/mol. The summed E-state index contributed by atoms with van der Waals surface area (Å²) < 4.78 is 0. The number of nitrogens with zero attached hydrogens (tertiary/aromatic N) is 1. The van der Waals surface area contributed by atoms with Crippen LogP contribution in [-0.4, -0.2) is 36.6 Å². The first kappa shape index (κ1) is 15.0. The van der Waals surface area contributed by atoms with Gasteiger partial charge in [-0.25, -0.2) is 0 Å². The average molecular weight is 240 g/mol. The fraction of sp³-hybridized carbons (Fsp3) is 1.00. The summed E-state index contributed by atoms with van der Waals surface area (Å²) in [5.41, 5.74) is 0. The summed E-state index contributed by atoms with van der Waals surface area (Å²) >= 11 is 0. The van der Waals surface area contributed by atoms with E-state index in [1.807, 2.05) is 0 Å². The van der Waals surface area contributed by atoms with E-state index in [-0.39, 0.29) is 0 Å². The highest BCUT2D eigenvalue weighted by molar-refractivity contribution is 4.80. The van der Waals surface area contributed by atoms with Crippen molar-refractivity contribution in [2.45, 2.75) is 71.9 Å². The normalized spacial score (nSPS) is 22.6. The summed E-state index contributed by atoms with van der Waals surface area (Å²) in [5.74, 6) is 0.891. The molecule has 1 fully saturated rings. The van der Waals surface area contributed by atoms with Gasteiger partial charge in [0, 0.05) is 12.1 Å². The number of hydrogen-bond acceptors (Lipinski definition) is 2. The molecule has 102 valence electrons. The third-order valence-corrected chi connectivity index (χ3v) is 4.15. The fourth-order valence-corrected chi connectivity index (χ4v) is 3.09. The third kappa shape index (κ3) is 5.39. The van der Waals surface area contributed by atoms with E-state index in [0.717, 1.165) is 5.92 Å². The molecule has 2 atom stereocenters. The zero-order valence-electron chi connectivity index (χ0n) is 12.3. The molecule has 1 heterocycles. The van der Waals surface area contributed by atoms with Gasteiger partial charge in [0.25, 0.3) is 0 Å². The van der Waals surface area contributed by atoms with E-state index in [1.165, 1.54) is 51.7 Å². The van der Waals surface area contributed by atoms with Crippen molar-refractivity contribution in [2.75, 3.05) is 19.6 Å². The van der Waals surface area contributed by atoms with Crippen molar-refractivity contribution >= 4 is 0 Å². The minimum Gasteiger partial charge on any atom is -0.312 e. The van der Waals surface area contributed by atoms with Gasteiger partial charge >= 0.3 is 0 Å². The molecule has 0 bridgehead atoms. The van der Waals surface area contributed by atoms with Gasteiger partial charge in [-0.15, -0.1) is 0 Å². The van der Waals surface area contributed by atoms with Gasteiger partial charge in [0.2, 0.25) is 0 Å². The molecular weight excluding hydrogens is 208 g/mol. The number of nitrogens with one attached hydrogen (secondary N) is 1. The van der Waals surface area contributed by atoms with Crippen molar-refractivity contribution in [3.05, 3.63) is 0 Å². The minimum atomic E-state index is 0.684. The Kier molecular flexibility index (Phi) is 7.14. The molecule has 1 aliphatic rings. The zero-order chi connectivity index (χ0) is 12.7. The van der Waals surface area contributed by atoms with Crippen LogP contribution in [0.1, 0.15) is 59.8 Å². The first-order valence-electron chi connectivity index (χ1n) is 7.65. The van der Waals surface area contributed by atoms with Gasteiger partial charge in [-0.1, -0.05) is 20.3 Å². The lowest BCUT2D eigenvalue weighted by Gasteiger charge is -2.36. The van der Waals surface area contributed by atoms with Crippen molar-refractivity contribution in [3.63, 3.8) is 0 Å². The van der Waals surface area contributed by atoms with Gasteiger partial charge in [0.15, 0.2) is 0 Å². The van der Waals surface area contributed by atoms with Crippen LogP contribution >= 0.6 is 0 Å². The lowest BCUT2D eigenvalue weighted by molar-refractivity contribution is 0.158. The highest BCUT2D eigenvalue weighted by atomic mass is 15.1. The Labute approximate surface area is 108 Å². The second-order valence-corrected chi connectivity index (χ2v) is 5.82. The van der Waals surface area contributed by atoms with E-state index in [0.29, 0.717) is 12.1 Å². The van der Waals surface area contributed by atoms with E-state index in [1.54, 1.807) is 0 Å². The van der Waals surface area contributed by atoms with Gasteiger partial charge in [-0.3, -0.25) is 0 Å². The van der Waals surface area contributed by atoms with E-state index in [9.17, 15) is 0 Å². The van der Waals surface area contributed by atoms with E-state index >= 15 is 0 Å². The highest BCUT2D eigenvalue weighted by Gasteiger charge is 2.23. The maximum atomic E-state index is 3.78. The molecule has 0 aliphatic carbocycles. The third-order valence-electron chi connectivity index (χ3n) is 4.15. The van der Waals surface area contributed by atoms with Crippen LogP contribution in [-0.2, 0) is 0 Å². The topological polar surface area (TPSA) is 15.3 Å². The molecule has 0 spiro atoms. The molecule has 0 radical (unpaired) electrons. The molecule has 17 heavy (non-hydrogen) atoms. The van der Waals surface area contributed by atoms with Crippen molar-refractivity contribution in [2.24, 2.45) is 5.92 Å². The fourth-order valence-electron chi connectivity index (χ4n) is 3.09. The van der Waals surface area contributed by atoms with Crippen molar-refractivity contribution in [3.8, 4) is 0 Å². The van der Waals surface area contributed by atoms with Crippen molar-refractivity contribution in [1.29, 1.82) is 0 Å². The van der Waals surface area contributed by atoms with Gasteiger partial charge in [0.1, 0.15) is 0 Å². The summed E-state index contributed by atoms with van der Waals surface area (Å²) in [6, 6.07) is 1.38. The average Bonchev–Trinajstić information content (AvgIpc) is 2.30. The first-order chi connectivity index (χ1) is 8.17. The first-order valence-corrected chi connectivity index (χ1v) is 7.65. The lowest BCUT2D eigenvalue weighted by atomic mass is 9.89. The second-order valence-electron chi connectivity index (χ2n) is 5.82. The van der Waals surface area contributed by atoms with Crippen LogP contribution in [0.25, 0.3) is 0 Å². The molecule has 1 rings (SSSR count). The molecule has 2 nitrogen and oxygen atoms in total. The highest BCUT2D eigenvalue weighted by Crippen LogP contribution is 2.21. The smallest absolute Gasteiger partial charge is 0.00704 e. The Morgan fingerprint density at radius 1 is 1.12 bits per heavy atom. The Balaban J connectivity index is 2.23. The molecule has 2 unspecified atom stereocenters. The molecular formula is C15H32N2. The molecule has 2 heteroatoms. The lowest BCUT2D eigenvalue weighted by Crippen LogP contribution is -2.44. The largest absolute Gasteiger partial charge is 0.312 e. The van der Waals surface area contributed by atoms with Gasteiger partial charge in [-0.05, 0) is 65.1 Å². The Morgan fingerprint density at radius 2 is 1.76 bits per heavy atom. The summed E-state index contributed by atoms with van der Waals surface area (Å²) in [6.07, 6.45) is 6.65. The van der Waals surface area contributed by atoms with Crippen LogP contribution in [0.3, 0.4) is 0 Å². The Bertz CT molecular complexity index is 185. The van der Waals surface area contributed by atoms with Gasteiger partial charge in [0.05, 0.1) is 0 Å². The van der Waals surface area contributed by atoms with Crippen LogP contribution < -0.4 is 5.32 Å². The predicted molar refractivity (Wildman–Crippen MR) is 76.4 cm³/mol. The molecule has 0 amide bonds. The van der Waals surface area contributed by atoms with Gasteiger partial charge in [-0.2, -0.15) is 0 Å². The zero-order valence-corrected chi connectivity index (χ0v) is 12.3. The molecule has 0 saturated carbocycles. The molecule has 0 aromatic carbocycles. The molecule has 1 saturated heterocycles. The maximum Gasteiger partial charge on any atom is 0.00704 e. The molecule has 0 aromatic heterocycles. The van der Waals surface area contributed by atoms with Crippen LogP contribution in [0.4, 0.5) is 0 Å². The quantitative estimate of drug-likeness (QED) is 0.735. The summed E-state index contributed by atoms with van der Waals surface area (Å²) in [4.78, 5) is 2.62. The molecule has 1 aliphatic heterocycles. The minimum absolute atomic E-state index is 0.684. The Hall–Kier alpha value is -0.0800. The van der Waals surface area contributed by atoms with Crippen LogP contribution in [0.2, 0.25) is 0 Å². The van der Waals surface area contributed by atoms with Crippen LogP contribution in [0.5, 0.6) is 0 Å². The van der Waals surface area contributed by atoms with E-state index in [2.05, 4.69) is 37.9 Å². The predicted octanol–water partition coefficient (Wildman–Crippen LogP) is 3.28. The summed E-state index contributed by atoms with van der Waals surface area (Å²) in [7, 11) is 0. The molecule has 0 aromatic rings. The molecule has 1 N–H and O–H groups in total. The number of piperidine rings is 1. The van der Waals surface area contributed by atoms with Crippen LogP contribution in [0, 0.1) is 5.92 Å². The van der Waals surface area contributed by atoms with E-state index in [4.69, 9.17) is 0 Å².